The molecule has 2 saturated heterocycles. The molecule has 6 heteroatoms. The zero-order chi connectivity index (χ0) is 20.1. The van der Waals surface area contributed by atoms with Gasteiger partial charge >= 0.3 is 0 Å². The lowest BCUT2D eigenvalue weighted by Gasteiger charge is -2.35. The van der Waals surface area contributed by atoms with Crippen LogP contribution in [0.4, 0.5) is 0 Å². The largest absolute Gasteiger partial charge is 0.496 e. The Hall–Kier alpha value is -2.44. The van der Waals surface area contributed by atoms with Gasteiger partial charge in [0.25, 0.3) is 0 Å². The third kappa shape index (κ3) is 4.77. The fourth-order valence-electron chi connectivity index (χ4n) is 4.18. The second kappa shape index (κ2) is 9.37. The molecule has 3 heterocycles. The summed E-state index contributed by atoms with van der Waals surface area (Å²) in [7, 11) is 1.68. The molecule has 29 heavy (non-hydrogen) atoms. The first-order chi connectivity index (χ1) is 14.2. The Morgan fingerprint density at radius 1 is 1.14 bits per heavy atom. The molecular formula is C23H29N3O3. The number of carbonyl (C=O) groups excluding carboxylic acids is 1. The number of likely N-dealkylation sites (tertiary alicyclic amines) is 1. The highest BCUT2D eigenvalue weighted by molar-refractivity contribution is 5.78. The monoisotopic (exact) mass is 395 g/mol. The van der Waals surface area contributed by atoms with E-state index in [1.807, 2.05) is 35.2 Å². The van der Waals surface area contributed by atoms with Crippen molar-refractivity contribution in [3.05, 3.63) is 48.2 Å². The maximum absolute atomic E-state index is 12.8. The quantitative estimate of drug-likeness (QED) is 0.779. The van der Waals surface area contributed by atoms with Crippen LogP contribution in [-0.4, -0.2) is 73.7 Å². The first kappa shape index (κ1) is 19.9. The number of morpholine rings is 1. The Balaban J connectivity index is 1.46. The SMILES string of the molecule is COc1ccccc1-c1cccc([C@@H]2CCCN(C(=O)CN3CCOCC3)C2)n1. The van der Waals surface area contributed by atoms with Crippen molar-refractivity contribution in [2.75, 3.05) is 53.0 Å². The number of benzene rings is 1. The lowest BCUT2D eigenvalue weighted by molar-refractivity contribution is -0.134. The van der Waals surface area contributed by atoms with Gasteiger partial charge in [-0.2, -0.15) is 0 Å². The highest BCUT2D eigenvalue weighted by atomic mass is 16.5. The van der Waals surface area contributed by atoms with Crippen molar-refractivity contribution < 1.29 is 14.3 Å². The molecule has 0 spiro atoms. The van der Waals surface area contributed by atoms with E-state index < -0.39 is 0 Å². The van der Waals surface area contributed by atoms with E-state index in [1.165, 1.54) is 0 Å². The summed E-state index contributed by atoms with van der Waals surface area (Å²) in [6, 6.07) is 14.1. The molecule has 1 atom stereocenters. The number of ether oxygens (including phenoxy) is 2. The number of hydrogen-bond acceptors (Lipinski definition) is 5. The fourth-order valence-corrected chi connectivity index (χ4v) is 4.18. The summed E-state index contributed by atoms with van der Waals surface area (Å²) in [5.74, 6) is 1.31. The van der Waals surface area contributed by atoms with Crippen LogP contribution in [0, 0.1) is 0 Å². The average Bonchev–Trinajstić information content (AvgIpc) is 2.80. The molecule has 0 N–H and O–H groups in total. The molecule has 2 aliphatic heterocycles. The van der Waals surface area contributed by atoms with Gasteiger partial charge in [0.15, 0.2) is 0 Å². The Kier molecular flexibility index (Phi) is 6.42. The minimum atomic E-state index is 0.220. The molecule has 2 aliphatic rings. The van der Waals surface area contributed by atoms with E-state index in [0.29, 0.717) is 6.54 Å². The normalized spacial score (nSPS) is 20.4. The van der Waals surface area contributed by atoms with Gasteiger partial charge in [0, 0.05) is 43.4 Å². The van der Waals surface area contributed by atoms with Gasteiger partial charge in [0.2, 0.25) is 5.91 Å². The van der Waals surface area contributed by atoms with Gasteiger partial charge in [-0.3, -0.25) is 14.7 Å². The van der Waals surface area contributed by atoms with Crippen molar-refractivity contribution in [1.29, 1.82) is 0 Å². The molecule has 0 bridgehead atoms. The van der Waals surface area contributed by atoms with Crippen molar-refractivity contribution in [1.82, 2.24) is 14.8 Å². The number of pyridine rings is 1. The summed E-state index contributed by atoms with van der Waals surface area (Å²) in [6.45, 7) is 5.18. The minimum absolute atomic E-state index is 0.220. The zero-order valence-corrected chi connectivity index (χ0v) is 17.0. The second-order valence-corrected chi connectivity index (χ2v) is 7.72. The Labute approximate surface area is 172 Å². The summed E-state index contributed by atoms with van der Waals surface area (Å²) in [5, 5.41) is 0. The summed E-state index contributed by atoms with van der Waals surface area (Å²) in [6.07, 6.45) is 2.07. The summed E-state index contributed by atoms with van der Waals surface area (Å²) in [5.41, 5.74) is 2.96. The highest BCUT2D eigenvalue weighted by Crippen LogP contribution is 2.31. The van der Waals surface area contributed by atoms with Crippen LogP contribution < -0.4 is 4.74 Å². The van der Waals surface area contributed by atoms with Crippen LogP contribution in [0.15, 0.2) is 42.5 Å². The van der Waals surface area contributed by atoms with Crippen LogP contribution >= 0.6 is 0 Å². The predicted molar refractivity (Wildman–Crippen MR) is 112 cm³/mol. The van der Waals surface area contributed by atoms with Gasteiger partial charge in [0.1, 0.15) is 5.75 Å². The molecule has 1 aromatic carbocycles. The van der Waals surface area contributed by atoms with E-state index in [2.05, 4.69) is 17.0 Å². The lowest BCUT2D eigenvalue weighted by atomic mass is 9.93. The van der Waals surface area contributed by atoms with Gasteiger partial charge in [-0.25, -0.2) is 0 Å². The molecule has 1 amide bonds. The topological polar surface area (TPSA) is 54.9 Å². The van der Waals surface area contributed by atoms with E-state index in [9.17, 15) is 4.79 Å². The van der Waals surface area contributed by atoms with Crippen molar-refractivity contribution in [3.8, 4) is 17.0 Å². The van der Waals surface area contributed by atoms with E-state index >= 15 is 0 Å². The molecule has 2 fully saturated rings. The van der Waals surface area contributed by atoms with Gasteiger partial charge in [0.05, 0.1) is 32.6 Å². The molecule has 0 radical (unpaired) electrons. The van der Waals surface area contributed by atoms with Crippen LogP contribution in [0.2, 0.25) is 0 Å². The molecule has 6 nitrogen and oxygen atoms in total. The van der Waals surface area contributed by atoms with Crippen LogP contribution in [0.25, 0.3) is 11.3 Å². The van der Waals surface area contributed by atoms with Crippen molar-refractivity contribution in [3.63, 3.8) is 0 Å². The number of piperidine rings is 1. The van der Waals surface area contributed by atoms with Crippen molar-refractivity contribution in [2.45, 2.75) is 18.8 Å². The Bertz CT molecular complexity index is 836. The average molecular weight is 396 g/mol. The Morgan fingerprint density at radius 2 is 1.97 bits per heavy atom. The standard InChI is InChI=1S/C23H29N3O3/c1-28-22-10-3-2-7-19(22)21-9-4-8-20(24-21)18-6-5-11-26(16-18)23(27)17-25-12-14-29-15-13-25/h2-4,7-10,18H,5-6,11-17H2,1H3/t18-/m1/s1. The number of methoxy groups -OCH3 is 1. The number of rotatable bonds is 5. The number of para-hydroxylation sites is 1. The number of carbonyl (C=O) groups is 1. The molecule has 4 rings (SSSR count). The third-order valence-corrected chi connectivity index (χ3v) is 5.81. The minimum Gasteiger partial charge on any atom is -0.496 e. The second-order valence-electron chi connectivity index (χ2n) is 7.72. The van der Waals surface area contributed by atoms with Gasteiger partial charge in [-0.1, -0.05) is 18.2 Å². The molecule has 0 aliphatic carbocycles. The molecule has 2 aromatic rings. The zero-order valence-electron chi connectivity index (χ0n) is 17.0. The molecule has 0 unspecified atom stereocenters. The number of amides is 1. The molecule has 0 saturated carbocycles. The van der Waals surface area contributed by atoms with Gasteiger partial charge in [-0.05, 0) is 37.1 Å². The van der Waals surface area contributed by atoms with Crippen LogP contribution in [0.1, 0.15) is 24.5 Å². The fraction of sp³-hybridized carbons (Fsp3) is 0.478. The van der Waals surface area contributed by atoms with Crippen LogP contribution in [-0.2, 0) is 9.53 Å². The third-order valence-electron chi connectivity index (χ3n) is 5.81. The molecular weight excluding hydrogens is 366 g/mol. The summed E-state index contributed by atoms with van der Waals surface area (Å²) < 4.78 is 10.9. The molecule has 1 aromatic heterocycles. The van der Waals surface area contributed by atoms with E-state index in [4.69, 9.17) is 14.5 Å². The Morgan fingerprint density at radius 3 is 2.79 bits per heavy atom. The first-order valence-electron chi connectivity index (χ1n) is 10.4. The van der Waals surface area contributed by atoms with Crippen molar-refractivity contribution in [2.24, 2.45) is 0 Å². The van der Waals surface area contributed by atoms with E-state index in [0.717, 1.165) is 74.9 Å². The van der Waals surface area contributed by atoms with Gasteiger partial charge < -0.3 is 14.4 Å². The lowest BCUT2D eigenvalue weighted by Crippen LogP contribution is -2.47. The van der Waals surface area contributed by atoms with Crippen molar-refractivity contribution >= 4 is 5.91 Å². The maximum Gasteiger partial charge on any atom is 0.236 e. The maximum atomic E-state index is 12.8. The van der Waals surface area contributed by atoms with Crippen LogP contribution in [0.3, 0.4) is 0 Å². The summed E-state index contributed by atoms with van der Waals surface area (Å²) in [4.78, 5) is 22.0. The predicted octanol–water partition coefficient (Wildman–Crippen LogP) is 2.80. The summed E-state index contributed by atoms with van der Waals surface area (Å²) >= 11 is 0. The number of nitrogens with zero attached hydrogens (tertiary/aromatic N) is 3. The smallest absolute Gasteiger partial charge is 0.236 e. The number of aromatic nitrogens is 1. The van der Waals surface area contributed by atoms with E-state index in [1.54, 1.807) is 7.11 Å². The highest BCUT2D eigenvalue weighted by Gasteiger charge is 2.27. The molecule has 154 valence electrons. The number of hydrogen-bond donors (Lipinski definition) is 0. The van der Waals surface area contributed by atoms with Gasteiger partial charge in [-0.15, -0.1) is 0 Å². The van der Waals surface area contributed by atoms with Crippen LogP contribution in [0.5, 0.6) is 5.75 Å². The first-order valence-corrected chi connectivity index (χ1v) is 10.4. The van der Waals surface area contributed by atoms with E-state index in [-0.39, 0.29) is 11.8 Å².